The van der Waals surface area contributed by atoms with Crippen molar-refractivity contribution in [2.24, 2.45) is 5.92 Å². The van der Waals surface area contributed by atoms with Gasteiger partial charge >= 0.3 is 6.03 Å². The first-order valence-electron chi connectivity index (χ1n) is 7.90. The van der Waals surface area contributed by atoms with Crippen molar-refractivity contribution in [2.45, 2.75) is 39.3 Å². The van der Waals surface area contributed by atoms with Gasteiger partial charge in [0.25, 0.3) is 0 Å². The van der Waals surface area contributed by atoms with Crippen molar-refractivity contribution in [1.29, 1.82) is 0 Å². The predicted octanol–water partition coefficient (Wildman–Crippen LogP) is 2.13. The molecular weight excluding hydrogens is 278 g/mol. The molecule has 1 aromatic carbocycles. The van der Waals surface area contributed by atoms with Crippen LogP contribution in [0.5, 0.6) is 0 Å². The van der Waals surface area contributed by atoms with Gasteiger partial charge in [-0.2, -0.15) is 0 Å². The number of urea groups is 1. The molecule has 5 nitrogen and oxygen atoms in total. The lowest BCUT2D eigenvalue weighted by molar-refractivity contribution is -0.121. The Bertz CT molecular complexity index is 498. The highest BCUT2D eigenvalue weighted by atomic mass is 16.2. The molecule has 22 heavy (non-hydrogen) atoms. The summed E-state index contributed by atoms with van der Waals surface area (Å²) in [5, 5.41) is 5.09. The maximum Gasteiger partial charge on any atom is 0.321 e. The van der Waals surface area contributed by atoms with Gasteiger partial charge in [0, 0.05) is 19.1 Å². The molecule has 3 amide bonds. The molecule has 0 atom stereocenters. The number of amides is 3. The number of carbonyl (C=O) groups is 2. The van der Waals surface area contributed by atoms with Crippen LogP contribution in [0.25, 0.3) is 0 Å². The third-order valence-electron chi connectivity index (χ3n) is 3.56. The van der Waals surface area contributed by atoms with Crippen LogP contribution in [0.3, 0.4) is 0 Å². The van der Waals surface area contributed by atoms with Crippen molar-refractivity contribution in [3.05, 3.63) is 35.9 Å². The minimum atomic E-state index is -0.408. The molecule has 120 valence electrons. The molecule has 5 heteroatoms. The Balaban J connectivity index is 1.80. The summed E-state index contributed by atoms with van der Waals surface area (Å²) < 4.78 is 0. The first-order valence-corrected chi connectivity index (χ1v) is 7.90. The van der Waals surface area contributed by atoms with E-state index in [1.807, 2.05) is 32.0 Å². The molecule has 0 spiro atoms. The maximum absolute atomic E-state index is 12.0. The molecule has 1 aliphatic carbocycles. The highest BCUT2D eigenvalue weighted by Crippen LogP contribution is 2.27. The molecule has 0 radical (unpaired) electrons. The largest absolute Gasteiger partial charge is 0.338 e. The van der Waals surface area contributed by atoms with E-state index in [9.17, 15) is 9.59 Å². The van der Waals surface area contributed by atoms with Gasteiger partial charge in [-0.15, -0.1) is 0 Å². The molecule has 2 rings (SSSR count). The SMILES string of the molecule is CC(C)CNC(=O)NC(=O)CN(Cc1ccccc1)C1CC1. The van der Waals surface area contributed by atoms with Crippen molar-refractivity contribution in [3.8, 4) is 0 Å². The average Bonchev–Trinajstić information content (AvgIpc) is 3.30. The smallest absolute Gasteiger partial charge is 0.321 e. The van der Waals surface area contributed by atoms with Crippen LogP contribution in [-0.4, -0.2) is 36.0 Å². The number of imide groups is 1. The fraction of sp³-hybridized carbons (Fsp3) is 0.529. The van der Waals surface area contributed by atoms with E-state index < -0.39 is 6.03 Å². The molecule has 1 saturated carbocycles. The van der Waals surface area contributed by atoms with E-state index in [-0.39, 0.29) is 12.5 Å². The standard InChI is InChI=1S/C17H25N3O2/c1-13(2)10-18-17(22)19-16(21)12-20(15-8-9-15)11-14-6-4-3-5-7-14/h3-7,13,15H,8-12H2,1-2H3,(H2,18,19,21,22). The van der Waals surface area contributed by atoms with Gasteiger partial charge < -0.3 is 5.32 Å². The summed E-state index contributed by atoms with van der Waals surface area (Å²) in [7, 11) is 0. The third kappa shape index (κ3) is 5.85. The van der Waals surface area contributed by atoms with Gasteiger partial charge in [0.15, 0.2) is 0 Å². The maximum atomic E-state index is 12.0. The summed E-state index contributed by atoms with van der Waals surface area (Å²) in [4.78, 5) is 25.8. The minimum absolute atomic E-state index is 0.246. The molecule has 0 unspecified atom stereocenters. The average molecular weight is 303 g/mol. The lowest BCUT2D eigenvalue weighted by atomic mass is 10.2. The van der Waals surface area contributed by atoms with Gasteiger partial charge in [-0.25, -0.2) is 4.79 Å². The zero-order chi connectivity index (χ0) is 15.9. The molecule has 1 aliphatic rings. The van der Waals surface area contributed by atoms with Gasteiger partial charge in [0.1, 0.15) is 0 Å². The van der Waals surface area contributed by atoms with Crippen LogP contribution in [0, 0.1) is 5.92 Å². The third-order valence-corrected chi connectivity index (χ3v) is 3.56. The van der Waals surface area contributed by atoms with E-state index in [1.165, 1.54) is 5.56 Å². The normalized spacial score (nSPS) is 14.2. The van der Waals surface area contributed by atoms with Crippen molar-refractivity contribution in [3.63, 3.8) is 0 Å². The van der Waals surface area contributed by atoms with E-state index in [2.05, 4.69) is 27.7 Å². The van der Waals surface area contributed by atoms with Gasteiger partial charge in [0.05, 0.1) is 6.54 Å². The van der Waals surface area contributed by atoms with Crippen molar-refractivity contribution in [2.75, 3.05) is 13.1 Å². The second kappa shape index (κ2) is 7.94. The summed E-state index contributed by atoms with van der Waals surface area (Å²) >= 11 is 0. The Morgan fingerprint density at radius 1 is 1.23 bits per heavy atom. The Kier molecular flexibility index (Phi) is 5.95. The number of hydrogen-bond acceptors (Lipinski definition) is 3. The van der Waals surface area contributed by atoms with Crippen molar-refractivity contribution < 1.29 is 9.59 Å². The van der Waals surface area contributed by atoms with Crippen LogP contribution in [0.2, 0.25) is 0 Å². The highest BCUT2D eigenvalue weighted by molar-refractivity contribution is 5.95. The van der Waals surface area contributed by atoms with Gasteiger partial charge in [-0.05, 0) is 24.3 Å². The molecule has 2 N–H and O–H groups in total. The van der Waals surface area contributed by atoms with Gasteiger partial charge in [-0.1, -0.05) is 44.2 Å². The number of carbonyl (C=O) groups excluding carboxylic acids is 2. The fourth-order valence-electron chi connectivity index (χ4n) is 2.26. The summed E-state index contributed by atoms with van der Waals surface area (Å²) in [5.41, 5.74) is 1.19. The number of benzene rings is 1. The molecule has 0 aromatic heterocycles. The van der Waals surface area contributed by atoms with Crippen molar-refractivity contribution in [1.82, 2.24) is 15.5 Å². The molecule has 0 bridgehead atoms. The van der Waals surface area contributed by atoms with Crippen LogP contribution >= 0.6 is 0 Å². The summed E-state index contributed by atoms with van der Waals surface area (Å²) in [6, 6.07) is 10.2. The zero-order valence-corrected chi connectivity index (χ0v) is 13.3. The molecule has 0 saturated heterocycles. The Hall–Kier alpha value is -1.88. The Labute approximate surface area is 132 Å². The highest BCUT2D eigenvalue weighted by Gasteiger charge is 2.30. The lowest BCUT2D eigenvalue weighted by Crippen LogP contribution is -2.45. The van der Waals surface area contributed by atoms with Gasteiger partial charge in [0.2, 0.25) is 5.91 Å². The monoisotopic (exact) mass is 303 g/mol. The number of rotatable bonds is 7. The Morgan fingerprint density at radius 2 is 1.91 bits per heavy atom. The zero-order valence-electron chi connectivity index (χ0n) is 13.3. The summed E-state index contributed by atoms with van der Waals surface area (Å²) in [5.74, 6) is 0.117. The molecule has 1 fully saturated rings. The van der Waals surface area contributed by atoms with E-state index in [0.29, 0.717) is 18.5 Å². The fourth-order valence-corrected chi connectivity index (χ4v) is 2.26. The van der Waals surface area contributed by atoms with Crippen LogP contribution < -0.4 is 10.6 Å². The number of hydrogen-bond donors (Lipinski definition) is 2. The van der Waals surface area contributed by atoms with E-state index in [1.54, 1.807) is 0 Å². The quantitative estimate of drug-likeness (QED) is 0.811. The number of nitrogens with one attached hydrogen (secondary N) is 2. The molecule has 1 aromatic rings. The second-order valence-electron chi connectivity index (χ2n) is 6.27. The predicted molar refractivity (Wildman–Crippen MR) is 86.3 cm³/mol. The van der Waals surface area contributed by atoms with E-state index in [4.69, 9.17) is 0 Å². The molecular formula is C17H25N3O2. The minimum Gasteiger partial charge on any atom is -0.338 e. The van der Waals surface area contributed by atoms with Crippen LogP contribution in [-0.2, 0) is 11.3 Å². The Morgan fingerprint density at radius 3 is 2.50 bits per heavy atom. The van der Waals surface area contributed by atoms with Crippen LogP contribution in [0.15, 0.2) is 30.3 Å². The molecule has 0 aliphatic heterocycles. The van der Waals surface area contributed by atoms with Crippen molar-refractivity contribution >= 4 is 11.9 Å². The summed E-state index contributed by atoms with van der Waals surface area (Å²) in [6.07, 6.45) is 2.25. The van der Waals surface area contributed by atoms with Crippen LogP contribution in [0.4, 0.5) is 4.79 Å². The van der Waals surface area contributed by atoms with Gasteiger partial charge in [-0.3, -0.25) is 15.0 Å². The van der Waals surface area contributed by atoms with Crippen LogP contribution in [0.1, 0.15) is 32.3 Å². The van der Waals surface area contributed by atoms with E-state index in [0.717, 1.165) is 19.4 Å². The first-order chi connectivity index (χ1) is 10.5. The number of nitrogens with zero attached hydrogens (tertiary/aromatic N) is 1. The van der Waals surface area contributed by atoms with E-state index >= 15 is 0 Å². The summed E-state index contributed by atoms with van der Waals surface area (Å²) in [6.45, 7) is 5.59. The second-order valence-corrected chi connectivity index (χ2v) is 6.27. The molecule has 0 heterocycles. The first kappa shape index (κ1) is 16.5. The topological polar surface area (TPSA) is 61.4 Å². The lowest BCUT2D eigenvalue weighted by Gasteiger charge is -2.21.